The number of hydrogen-bond acceptors (Lipinski definition) is 3. The fraction of sp³-hybridized carbons (Fsp3) is 1.00. The van der Waals surface area contributed by atoms with Crippen molar-refractivity contribution < 1.29 is 8.42 Å². The van der Waals surface area contributed by atoms with Crippen molar-refractivity contribution in [2.45, 2.75) is 57.5 Å². The molecule has 0 aromatic heterocycles. The van der Waals surface area contributed by atoms with Crippen molar-refractivity contribution in [3.8, 4) is 0 Å². The third kappa shape index (κ3) is 3.66. The molecule has 1 N–H and O–H groups in total. The van der Waals surface area contributed by atoms with E-state index in [9.17, 15) is 8.42 Å². The normalized spacial score (nSPS) is 27.2. The Morgan fingerprint density at radius 1 is 1.24 bits per heavy atom. The van der Waals surface area contributed by atoms with E-state index in [0.29, 0.717) is 12.6 Å². The van der Waals surface area contributed by atoms with Crippen molar-refractivity contribution in [3.63, 3.8) is 0 Å². The minimum atomic E-state index is -3.04. The largest absolute Gasteiger partial charge is 0.313 e. The molecular weight excluding hydrogens is 236 g/mol. The molecule has 0 aromatic carbocycles. The number of nitrogens with one attached hydrogen (secondary N) is 1. The summed E-state index contributed by atoms with van der Waals surface area (Å²) in [7, 11) is -3.04. The highest BCUT2D eigenvalue weighted by Crippen LogP contribution is 2.23. The maximum absolute atomic E-state index is 12.2. The molecule has 0 radical (unpaired) electrons. The topological polar surface area (TPSA) is 49.4 Å². The van der Waals surface area contributed by atoms with E-state index in [2.05, 4.69) is 12.2 Å². The van der Waals surface area contributed by atoms with Gasteiger partial charge in [-0.25, -0.2) is 8.42 Å². The van der Waals surface area contributed by atoms with E-state index in [1.165, 1.54) is 19.3 Å². The predicted octanol–water partition coefficient (Wildman–Crippen LogP) is 1.33. The summed E-state index contributed by atoms with van der Waals surface area (Å²) in [5, 5.41) is 3.28. The number of nitrogens with zero attached hydrogens (tertiary/aromatic N) is 1. The van der Waals surface area contributed by atoms with Gasteiger partial charge in [0.25, 0.3) is 0 Å². The Balaban J connectivity index is 1.87. The molecule has 17 heavy (non-hydrogen) atoms. The lowest BCUT2D eigenvalue weighted by molar-refractivity contribution is 0.246. The average molecular weight is 260 g/mol. The van der Waals surface area contributed by atoms with Crippen LogP contribution in [0, 0.1) is 0 Å². The van der Waals surface area contributed by atoms with Crippen LogP contribution in [-0.2, 0) is 10.0 Å². The van der Waals surface area contributed by atoms with Crippen LogP contribution in [0.25, 0.3) is 0 Å². The Kier molecular flexibility index (Phi) is 4.44. The Labute approximate surface area is 105 Å². The second-order valence-electron chi connectivity index (χ2n) is 5.21. The molecule has 1 saturated heterocycles. The van der Waals surface area contributed by atoms with Gasteiger partial charge in [-0.2, -0.15) is 4.31 Å². The van der Waals surface area contributed by atoms with E-state index < -0.39 is 10.0 Å². The third-order valence-electron chi connectivity index (χ3n) is 3.77. The van der Waals surface area contributed by atoms with Crippen LogP contribution in [0.2, 0.25) is 0 Å². The Morgan fingerprint density at radius 3 is 2.65 bits per heavy atom. The lowest BCUT2D eigenvalue weighted by Gasteiger charge is -2.34. The van der Waals surface area contributed by atoms with Crippen molar-refractivity contribution in [1.82, 2.24) is 9.62 Å². The van der Waals surface area contributed by atoms with Crippen LogP contribution in [0.4, 0.5) is 0 Å². The summed E-state index contributed by atoms with van der Waals surface area (Å²) in [6.45, 7) is 3.42. The number of piperidine rings is 1. The first-order valence-electron chi connectivity index (χ1n) is 6.86. The molecule has 4 nitrogen and oxygen atoms in total. The second kappa shape index (κ2) is 5.67. The highest BCUT2D eigenvalue weighted by atomic mass is 32.2. The number of sulfonamides is 1. The molecule has 2 aliphatic rings. The standard InChI is InChI=1S/C12H24N2O2S/c1-2-12-5-3-4-9-14(12)17(15,16)10-8-13-11-6-7-11/h11-13H,2-10H2,1H3. The van der Waals surface area contributed by atoms with Crippen molar-refractivity contribution in [3.05, 3.63) is 0 Å². The summed E-state index contributed by atoms with van der Waals surface area (Å²) >= 11 is 0. The maximum Gasteiger partial charge on any atom is 0.215 e. The molecule has 5 heteroatoms. The van der Waals surface area contributed by atoms with Crippen LogP contribution in [0.15, 0.2) is 0 Å². The van der Waals surface area contributed by atoms with Crippen LogP contribution in [0.3, 0.4) is 0 Å². The van der Waals surface area contributed by atoms with E-state index >= 15 is 0 Å². The first kappa shape index (κ1) is 13.3. The fourth-order valence-corrected chi connectivity index (χ4v) is 4.27. The van der Waals surface area contributed by atoms with E-state index in [1.54, 1.807) is 4.31 Å². The van der Waals surface area contributed by atoms with E-state index in [0.717, 1.165) is 25.8 Å². The molecule has 2 rings (SSSR count). The molecule has 1 aliphatic heterocycles. The first-order chi connectivity index (χ1) is 8.13. The molecule has 1 saturated carbocycles. The molecular formula is C12H24N2O2S. The number of hydrogen-bond donors (Lipinski definition) is 1. The summed E-state index contributed by atoms with van der Waals surface area (Å²) in [4.78, 5) is 0. The predicted molar refractivity (Wildman–Crippen MR) is 69.4 cm³/mol. The highest BCUT2D eigenvalue weighted by molar-refractivity contribution is 7.89. The Hall–Kier alpha value is -0.130. The number of rotatable bonds is 6. The fourth-order valence-electron chi connectivity index (χ4n) is 2.54. The molecule has 1 heterocycles. The third-order valence-corrected chi connectivity index (χ3v) is 5.69. The summed E-state index contributed by atoms with van der Waals surface area (Å²) in [5.74, 6) is 0.264. The average Bonchev–Trinajstić information content (AvgIpc) is 3.13. The van der Waals surface area contributed by atoms with Crippen LogP contribution in [0.1, 0.15) is 45.4 Å². The van der Waals surface area contributed by atoms with Crippen molar-refractivity contribution in [2.75, 3.05) is 18.8 Å². The molecule has 100 valence electrons. The molecule has 1 aliphatic carbocycles. The summed E-state index contributed by atoms with van der Waals surface area (Å²) in [6, 6.07) is 0.836. The first-order valence-corrected chi connectivity index (χ1v) is 8.47. The maximum atomic E-state index is 12.2. The van der Waals surface area contributed by atoms with Gasteiger partial charge < -0.3 is 5.32 Å². The van der Waals surface area contributed by atoms with Crippen molar-refractivity contribution in [2.24, 2.45) is 0 Å². The Bertz CT molecular complexity index is 338. The lowest BCUT2D eigenvalue weighted by Crippen LogP contribution is -2.45. The smallest absolute Gasteiger partial charge is 0.215 e. The zero-order chi connectivity index (χ0) is 12.3. The molecule has 0 spiro atoms. The van der Waals surface area contributed by atoms with E-state index in [-0.39, 0.29) is 11.8 Å². The summed E-state index contributed by atoms with van der Waals surface area (Å²) in [5.41, 5.74) is 0. The molecule has 0 aromatic rings. The highest BCUT2D eigenvalue weighted by Gasteiger charge is 2.31. The molecule has 0 amide bonds. The SMILES string of the molecule is CCC1CCCCN1S(=O)(=O)CCNC1CC1. The van der Waals surface area contributed by atoms with Gasteiger partial charge in [0.2, 0.25) is 10.0 Å². The van der Waals surface area contributed by atoms with Crippen LogP contribution in [0.5, 0.6) is 0 Å². The zero-order valence-electron chi connectivity index (χ0n) is 10.7. The van der Waals surface area contributed by atoms with Crippen LogP contribution in [-0.4, -0.2) is 43.6 Å². The quantitative estimate of drug-likeness (QED) is 0.784. The van der Waals surface area contributed by atoms with Gasteiger partial charge >= 0.3 is 0 Å². The minimum absolute atomic E-state index is 0.245. The zero-order valence-corrected chi connectivity index (χ0v) is 11.5. The van der Waals surface area contributed by atoms with Crippen LogP contribution >= 0.6 is 0 Å². The lowest BCUT2D eigenvalue weighted by atomic mass is 10.0. The molecule has 0 bridgehead atoms. The van der Waals surface area contributed by atoms with E-state index in [1.807, 2.05) is 0 Å². The van der Waals surface area contributed by atoms with Crippen molar-refractivity contribution >= 4 is 10.0 Å². The van der Waals surface area contributed by atoms with Gasteiger partial charge in [0, 0.05) is 25.2 Å². The Morgan fingerprint density at radius 2 is 2.00 bits per heavy atom. The van der Waals surface area contributed by atoms with E-state index in [4.69, 9.17) is 0 Å². The van der Waals surface area contributed by atoms with Gasteiger partial charge in [0.05, 0.1) is 5.75 Å². The molecule has 2 fully saturated rings. The van der Waals surface area contributed by atoms with Gasteiger partial charge in [-0.05, 0) is 32.1 Å². The van der Waals surface area contributed by atoms with Gasteiger partial charge in [0.1, 0.15) is 0 Å². The van der Waals surface area contributed by atoms with Crippen LogP contribution < -0.4 is 5.32 Å². The summed E-state index contributed by atoms with van der Waals surface area (Å²) in [6.07, 6.45) is 6.58. The van der Waals surface area contributed by atoms with Crippen molar-refractivity contribution in [1.29, 1.82) is 0 Å². The monoisotopic (exact) mass is 260 g/mol. The minimum Gasteiger partial charge on any atom is -0.313 e. The van der Waals surface area contributed by atoms with Gasteiger partial charge in [-0.15, -0.1) is 0 Å². The summed E-state index contributed by atoms with van der Waals surface area (Å²) < 4.78 is 26.2. The molecule has 1 atom stereocenters. The van der Waals surface area contributed by atoms with Gasteiger partial charge in [-0.1, -0.05) is 13.3 Å². The molecule has 1 unspecified atom stereocenters. The second-order valence-corrected chi connectivity index (χ2v) is 7.25. The van der Waals surface area contributed by atoms with Gasteiger partial charge in [-0.3, -0.25) is 0 Å². The van der Waals surface area contributed by atoms with Gasteiger partial charge in [0.15, 0.2) is 0 Å².